The molecule has 19 heavy (non-hydrogen) atoms. The van der Waals surface area contributed by atoms with Gasteiger partial charge in [-0.3, -0.25) is 4.79 Å². The van der Waals surface area contributed by atoms with Crippen molar-refractivity contribution in [3.8, 4) is 5.75 Å². The lowest BCUT2D eigenvalue weighted by Gasteiger charge is -2.06. The molecule has 2 aromatic rings. The molecule has 2 rings (SSSR count). The van der Waals surface area contributed by atoms with E-state index in [2.05, 4.69) is 10.3 Å². The molecule has 0 aliphatic carbocycles. The van der Waals surface area contributed by atoms with E-state index in [9.17, 15) is 4.79 Å². The summed E-state index contributed by atoms with van der Waals surface area (Å²) in [7, 11) is 0. The van der Waals surface area contributed by atoms with Crippen LogP contribution in [0.2, 0.25) is 0 Å². The molecule has 0 aliphatic heterocycles. The molecule has 5 nitrogen and oxygen atoms in total. The quantitative estimate of drug-likeness (QED) is 0.745. The number of hydrogen-bond donors (Lipinski definition) is 0. The van der Waals surface area contributed by atoms with Crippen LogP contribution in [-0.4, -0.2) is 27.9 Å². The first kappa shape index (κ1) is 13.3. The highest BCUT2D eigenvalue weighted by atomic mass is 16.5. The summed E-state index contributed by atoms with van der Waals surface area (Å²) in [5.74, 6) is 0.851. The van der Waals surface area contributed by atoms with E-state index in [1.165, 1.54) is 0 Å². The number of aldehydes is 1. The van der Waals surface area contributed by atoms with E-state index >= 15 is 0 Å². The number of aromatic nitrogens is 3. The van der Waals surface area contributed by atoms with Gasteiger partial charge in [0.25, 0.3) is 0 Å². The van der Waals surface area contributed by atoms with Crippen molar-refractivity contribution in [2.24, 2.45) is 0 Å². The first-order valence-electron chi connectivity index (χ1n) is 6.37. The lowest BCUT2D eigenvalue weighted by Crippen LogP contribution is -2.05. The van der Waals surface area contributed by atoms with Crippen molar-refractivity contribution < 1.29 is 9.53 Å². The molecular weight excluding hydrogens is 242 g/mol. The Labute approximate surface area is 112 Å². The largest absolute Gasteiger partial charge is 0.494 e. The zero-order chi connectivity index (χ0) is 13.7. The van der Waals surface area contributed by atoms with Gasteiger partial charge >= 0.3 is 0 Å². The zero-order valence-electron chi connectivity index (χ0n) is 11.2. The van der Waals surface area contributed by atoms with Crippen molar-refractivity contribution in [1.29, 1.82) is 0 Å². The van der Waals surface area contributed by atoms with Crippen LogP contribution in [0.15, 0.2) is 24.3 Å². The van der Waals surface area contributed by atoms with Gasteiger partial charge < -0.3 is 4.74 Å². The minimum Gasteiger partial charge on any atom is -0.494 e. The van der Waals surface area contributed by atoms with Crippen LogP contribution in [0.4, 0.5) is 0 Å². The molecule has 100 valence electrons. The molecule has 0 bridgehead atoms. The summed E-state index contributed by atoms with van der Waals surface area (Å²) in [5.41, 5.74) is 2.36. The van der Waals surface area contributed by atoms with Gasteiger partial charge in [-0.15, -0.1) is 5.10 Å². The van der Waals surface area contributed by atoms with Gasteiger partial charge in [-0.05, 0) is 31.5 Å². The van der Waals surface area contributed by atoms with E-state index in [4.69, 9.17) is 4.74 Å². The molecule has 1 aromatic heterocycles. The van der Waals surface area contributed by atoms with Crippen molar-refractivity contribution in [1.82, 2.24) is 15.0 Å². The maximum Gasteiger partial charge on any atom is 0.172 e. The predicted molar refractivity (Wildman–Crippen MR) is 71.5 cm³/mol. The summed E-state index contributed by atoms with van der Waals surface area (Å²) in [4.78, 5) is 11.0. The fraction of sp³-hybridized carbons (Fsp3) is 0.357. The Morgan fingerprint density at radius 3 is 2.58 bits per heavy atom. The average Bonchev–Trinajstić information content (AvgIpc) is 2.83. The maximum absolute atomic E-state index is 11.0. The molecule has 5 heteroatoms. The number of rotatable bonds is 6. The minimum absolute atomic E-state index is 0.413. The molecule has 0 N–H and O–H groups in total. The second-order valence-electron chi connectivity index (χ2n) is 4.11. The molecule has 0 saturated carbocycles. The lowest BCUT2D eigenvalue weighted by molar-refractivity contribution is 0.111. The van der Waals surface area contributed by atoms with Gasteiger partial charge in [0.2, 0.25) is 0 Å². The first-order chi connectivity index (χ1) is 9.28. The molecule has 0 amide bonds. The monoisotopic (exact) mass is 259 g/mol. The van der Waals surface area contributed by atoms with Crippen LogP contribution in [0.5, 0.6) is 5.75 Å². The van der Waals surface area contributed by atoms with Crippen LogP contribution >= 0.6 is 0 Å². The summed E-state index contributed by atoms with van der Waals surface area (Å²) >= 11 is 0. The molecule has 0 saturated heterocycles. The fourth-order valence-electron chi connectivity index (χ4n) is 1.94. The SMILES string of the molecule is CCOc1ccc(Cc2c(C=O)nnn2CC)cc1. The molecule has 0 radical (unpaired) electrons. The summed E-state index contributed by atoms with van der Waals surface area (Å²) in [6.45, 7) is 5.29. The molecule has 0 aliphatic rings. The van der Waals surface area contributed by atoms with Crippen LogP contribution in [0.25, 0.3) is 0 Å². The molecule has 1 aromatic carbocycles. The first-order valence-corrected chi connectivity index (χ1v) is 6.37. The number of carbonyl (C=O) groups is 1. The van der Waals surface area contributed by atoms with Crippen LogP contribution < -0.4 is 4.74 Å². The Bertz CT molecular complexity index is 546. The number of nitrogens with zero attached hydrogens (tertiary/aromatic N) is 3. The average molecular weight is 259 g/mol. The summed E-state index contributed by atoms with van der Waals surface area (Å²) in [5, 5.41) is 7.83. The lowest BCUT2D eigenvalue weighted by atomic mass is 10.1. The number of ether oxygens (including phenoxy) is 1. The summed E-state index contributed by atoms with van der Waals surface area (Å²) < 4.78 is 7.15. The third-order valence-corrected chi connectivity index (χ3v) is 2.88. The number of benzene rings is 1. The second-order valence-corrected chi connectivity index (χ2v) is 4.11. The van der Waals surface area contributed by atoms with Crippen molar-refractivity contribution in [3.05, 3.63) is 41.2 Å². The van der Waals surface area contributed by atoms with Gasteiger partial charge in [0.05, 0.1) is 12.3 Å². The van der Waals surface area contributed by atoms with E-state index in [0.29, 0.717) is 25.3 Å². The maximum atomic E-state index is 11.0. The number of hydrogen-bond acceptors (Lipinski definition) is 4. The van der Waals surface area contributed by atoms with Gasteiger partial charge in [-0.25, -0.2) is 4.68 Å². The Kier molecular flexibility index (Phi) is 4.28. The van der Waals surface area contributed by atoms with Crippen LogP contribution in [0.3, 0.4) is 0 Å². The third-order valence-electron chi connectivity index (χ3n) is 2.88. The van der Waals surface area contributed by atoms with E-state index in [0.717, 1.165) is 23.3 Å². The molecule has 0 fully saturated rings. The molecule has 1 heterocycles. The van der Waals surface area contributed by atoms with Gasteiger partial charge in [-0.2, -0.15) is 0 Å². The zero-order valence-corrected chi connectivity index (χ0v) is 11.2. The van der Waals surface area contributed by atoms with Crippen molar-refractivity contribution in [3.63, 3.8) is 0 Å². The summed E-state index contributed by atoms with van der Waals surface area (Å²) in [6.07, 6.45) is 1.39. The Morgan fingerprint density at radius 1 is 1.26 bits per heavy atom. The van der Waals surface area contributed by atoms with Gasteiger partial charge in [0.15, 0.2) is 6.29 Å². The fourth-order valence-corrected chi connectivity index (χ4v) is 1.94. The third kappa shape index (κ3) is 2.99. The van der Waals surface area contributed by atoms with Gasteiger partial charge in [-0.1, -0.05) is 17.3 Å². The van der Waals surface area contributed by atoms with Crippen LogP contribution in [0.1, 0.15) is 35.6 Å². The summed E-state index contributed by atoms with van der Waals surface area (Å²) in [6, 6.07) is 7.85. The molecule has 0 unspecified atom stereocenters. The highest BCUT2D eigenvalue weighted by Crippen LogP contribution is 2.16. The van der Waals surface area contributed by atoms with Gasteiger partial charge in [0.1, 0.15) is 11.4 Å². The van der Waals surface area contributed by atoms with Crippen molar-refractivity contribution in [2.45, 2.75) is 26.8 Å². The highest BCUT2D eigenvalue weighted by Gasteiger charge is 2.11. The van der Waals surface area contributed by atoms with Crippen molar-refractivity contribution in [2.75, 3.05) is 6.61 Å². The van der Waals surface area contributed by atoms with Gasteiger partial charge in [0, 0.05) is 13.0 Å². The van der Waals surface area contributed by atoms with E-state index in [-0.39, 0.29) is 0 Å². The molecular formula is C14H17N3O2. The predicted octanol–water partition coefficient (Wildman–Crippen LogP) is 2.10. The van der Waals surface area contributed by atoms with E-state index in [1.807, 2.05) is 38.1 Å². The highest BCUT2D eigenvalue weighted by molar-refractivity contribution is 5.73. The van der Waals surface area contributed by atoms with Crippen LogP contribution in [-0.2, 0) is 13.0 Å². The minimum atomic E-state index is 0.413. The molecule has 0 spiro atoms. The Morgan fingerprint density at radius 2 is 2.00 bits per heavy atom. The second kappa shape index (κ2) is 6.13. The number of aryl methyl sites for hydroxylation is 1. The normalized spacial score (nSPS) is 10.4. The standard InChI is InChI=1S/C14H17N3O2/c1-3-17-14(13(10-18)15-16-17)9-11-5-7-12(8-6-11)19-4-2/h5-8,10H,3-4,9H2,1-2H3. The van der Waals surface area contributed by atoms with E-state index in [1.54, 1.807) is 4.68 Å². The smallest absolute Gasteiger partial charge is 0.172 e. The topological polar surface area (TPSA) is 57.0 Å². The van der Waals surface area contributed by atoms with Crippen molar-refractivity contribution >= 4 is 6.29 Å². The Hall–Kier alpha value is -2.17. The number of carbonyl (C=O) groups excluding carboxylic acids is 1. The van der Waals surface area contributed by atoms with Crippen LogP contribution in [0, 0.1) is 0 Å². The van der Waals surface area contributed by atoms with E-state index < -0.39 is 0 Å². The Balaban J connectivity index is 2.20. The molecule has 0 atom stereocenters.